The maximum atomic E-state index is 10.8. The van der Waals surface area contributed by atoms with E-state index in [-0.39, 0.29) is 5.69 Å². The predicted octanol–water partition coefficient (Wildman–Crippen LogP) is 2.23. The van der Waals surface area contributed by atoms with Crippen LogP contribution >= 0.6 is 0 Å². The Morgan fingerprint density at radius 3 is 2.82 bits per heavy atom. The van der Waals surface area contributed by atoms with Crippen LogP contribution in [0.4, 0.5) is 11.4 Å². The lowest BCUT2D eigenvalue weighted by Gasteiger charge is -2.08. The van der Waals surface area contributed by atoms with E-state index in [0.717, 1.165) is 11.4 Å². The summed E-state index contributed by atoms with van der Waals surface area (Å²) in [6, 6.07) is 6.88. The van der Waals surface area contributed by atoms with Crippen LogP contribution in [-0.2, 0) is 0 Å². The topological polar surface area (TPSA) is 75.1 Å². The molecule has 0 amide bonds. The monoisotopic (exact) mass is 229 g/mol. The smallest absolute Gasteiger partial charge is 0.354 e. The predicted molar refractivity (Wildman–Crippen MR) is 63.5 cm³/mol. The van der Waals surface area contributed by atoms with E-state index in [1.165, 1.54) is 12.3 Å². The number of hydrogen-bond acceptors (Lipinski definition) is 4. The van der Waals surface area contributed by atoms with Gasteiger partial charge in [-0.05, 0) is 31.2 Å². The van der Waals surface area contributed by atoms with Crippen molar-refractivity contribution in [2.24, 2.45) is 0 Å². The fourth-order valence-electron chi connectivity index (χ4n) is 1.40. The van der Waals surface area contributed by atoms with Crippen molar-refractivity contribution in [1.29, 1.82) is 0 Å². The molecule has 0 aromatic carbocycles. The Kier molecular flexibility index (Phi) is 3.00. The molecule has 2 N–H and O–H groups in total. The molecule has 17 heavy (non-hydrogen) atoms. The van der Waals surface area contributed by atoms with Crippen molar-refractivity contribution in [3.63, 3.8) is 0 Å². The molecular weight excluding hydrogens is 218 g/mol. The summed E-state index contributed by atoms with van der Waals surface area (Å²) in [5.41, 5.74) is 2.38. The van der Waals surface area contributed by atoms with Crippen molar-refractivity contribution in [1.82, 2.24) is 9.97 Å². The summed E-state index contributed by atoms with van der Waals surface area (Å²) in [5.74, 6) is -1.04. The molecule has 2 aromatic heterocycles. The third-order valence-corrected chi connectivity index (χ3v) is 2.26. The van der Waals surface area contributed by atoms with E-state index in [9.17, 15) is 4.79 Å². The molecule has 0 atom stereocenters. The summed E-state index contributed by atoms with van der Waals surface area (Å²) in [7, 11) is 0. The number of carboxylic acid groups (broad SMARTS) is 1. The van der Waals surface area contributed by atoms with E-state index in [1.807, 2.05) is 19.1 Å². The van der Waals surface area contributed by atoms with E-state index in [0.29, 0.717) is 5.69 Å². The van der Waals surface area contributed by atoms with Gasteiger partial charge in [-0.15, -0.1) is 0 Å². The number of hydrogen-bond donors (Lipinski definition) is 2. The average molecular weight is 229 g/mol. The maximum absolute atomic E-state index is 10.8. The molecule has 0 saturated heterocycles. The molecule has 0 aliphatic rings. The Hall–Kier alpha value is -2.43. The molecule has 2 aromatic rings. The van der Waals surface area contributed by atoms with Crippen molar-refractivity contribution < 1.29 is 9.90 Å². The van der Waals surface area contributed by atoms with Crippen LogP contribution in [-0.4, -0.2) is 21.0 Å². The van der Waals surface area contributed by atoms with Gasteiger partial charge in [0.2, 0.25) is 0 Å². The molecular formula is C12H11N3O2. The number of aromatic nitrogens is 2. The Morgan fingerprint density at radius 2 is 2.12 bits per heavy atom. The zero-order valence-corrected chi connectivity index (χ0v) is 9.21. The number of rotatable bonds is 3. The highest BCUT2D eigenvalue weighted by Crippen LogP contribution is 2.18. The van der Waals surface area contributed by atoms with Gasteiger partial charge < -0.3 is 10.4 Å². The molecule has 0 bridgehead atoms. The average Bonchev–Trinajstić information content (AvgIpc) is 2.32. The molecule has 0 radical (unpaired) electrons. The number of nitrogens with one attached hydrogen (secondary N) is 1. The van der Waals surface area contributed by atoms with Gasteiger partial charge in [-0.25, -0.2) is 9.78 Å². The number of nitrogens with zero attached hydrogens (tertiary/aromatic N) is 2. The largest absolute Gasteiger partial charge is 0.477 e. The van der Waals surface area contributed by atoms with Crippen LogP contribution in [0.25, 0.3) is 0 Å². The number of carbonyl (C=O) groups is 1. The van der Waals surface area contributed by atoms with Gasteiger partial charge in [0.1, 0.15) is 5.69 Å². The highest BCUT2D eigenvalue weighted by Gasteiger charge is 2.05. The molecule has 86 valence electrons. The molecule has 5 heteroatoms. The number of aromatic carboxylic acids is 1. The summed E-state index contributed by atoms with van der Waals surface area (Å²) in [4.78, 5) is 18.7. The normalized spacial score (nSPS) is 9.94. The Bertz CT molecular complexity index is 555. The number of carboxylic acids is 1. The molecule has 0 spiro atoms. The first-order valence-electron chi connectivity index (χ1n) is 5.05. The maximum Gasteiger partial charge on any atom is 0.354 e. The fraction of sp³-hybridized carbons (Fsp3) is 0.0833. The Morgan fingerprint density at radius 1 is 1.29 bits per heavy atom. The lowest BCUT2D eigenvalue weighted by atomic mass is 10.2. The van der Waals surface area contributed by atoms with Crippen molar-refractivity contribution >= 4 is 17.3 Å². The van der Waals surface area contributed by atoms with Crippen LogP contribution in [0.2, 0.25) is 0 Å². The molecule has 0 aliphatic carbocycles. The zero-order valence-electron chi connectivity index (χ0n) is 9.21. The van der Waals surface area contributed by atoms with Crippen molar-refractivity contribution in [3.05, 3.63) is 48.0 Å². The minimum absolute atomic E-state index is 0.0107. The molecule has 2 heterocycles. The van der Waals surface area contributed by atoms with Crippen LogP contribution in [0.3, 0.4) is 0 Å². The minimum Gasteiger partial charge on any atom is -0.477 e. The lowest BCUT2D eigenvalue weighted by Crippen LogP contribution is -2.01. The van der Waals surface area contributed by atoms with E-state index < -0.39 is 5.97 Å². The molecule has 0 aliphatic heterocycles. The Labute approximate surface area is 98.2 Å². The van der Waals surface area contributed by atoms with Crippen molar-refractivity contribution in [3.8, 4) is 0 Å². The van der Waals surface area contributed by atoms with E-state index in [4.69, 9.17) is 5.11 Å². The second-order valence-corrected chi connectivity index (χ2v) is 3.50. The fourth-order valence-corrected chi connectivity index (χ4v) is 1.40. The van der Waals surface area contributed by atoms with Crippen LogP contribution < -0.4 is 5.32 Å². The molecule has 2 rings (SSSR count). The van der Waals surface area contributed by atoms with Gasteiger partial charge in [-0.3, -0.25) is 4.98 Å². The first kappa shape index (κ1) is 11.1. The van der Waals surface area contributed by atoms with Gasteiger partial charge in [0.05, 0.1) is 11.4 Å². The number of anilines is 2. The first-order valence-corrected chi connectivity index (χ1v) is 5.05. The molecule has 0 saturated carbocycles. The van der Waals surface area contributed by atoms with Crippen LogP contribution in [0, 0.1) is 6.92 Å². The molecule has 5 nitrogen and oxygen atoms in total. The summed E-state index contributed by atoms with van der Waals surface area (Å²) in [6.07, 6.45) is 3.16. The highest BCUT2D eigenvalue weighted by molar-refractivity contribution is 5.86. The van der Waals surface area contributed by atoms with Crippen LogP contribution in [0.1, 0.15) is 16.2 Å². The summed E-state index contributed by atoms with van der Waals surface area (Å²) in [6.45, 7) is 1.88. The summed E-state index contributed by atoms with van der Waals surface area (Å²) < 4.78 is 0. The van der Waals surface area contributed by atoms with E-state index >= 15 is 0 Å². The summed E-state index contributed by atoms with van der Waals surface area (Å²) in [5, 5.41) is 11.9. The standard InChI is InChI=1S/C12H11N3O2/c1-8-10(3-2-5-13-8)15-9-4-6-14-11(7-9)12(16)17/h2-7H,1H3,(H,14,15)(H,16,17). The molecule has 0 fully saturated rings. The van der Waals surface area contributed by atoms with Crippen LogP contribution in [0.15, 0.2) is 36.7 Å². The Balaban J connectivity index is 2.28. The second-order valence-electron chi connectivity index (χ2n) is 3.50. The van der Waals surface area contributed by atoms with E-state index in [2.05, 4.69) is 15.3 Å². The van der Waals surface area contributed by atoms with Gasteiger partial charge in [-0.1, -0.05) is 0 Å². The van der Waals surface area contributed by atoms with Gasteiger partial charge in [0.25, 0.3) is 0 Å². The quantitative estimate of drug-likeness (QED) is 0.844. The number of pyridine rings is 2. The zero-order chi connectivity index (χ0) is 12.3. The minimum atomic E-state index is -1.04. The molecule has 0 unspecified atom stereocenters. The first-order chi connectivity index (χ1) is 8.16. The lowest BCUT2D eigenvalue weighted by molar-refractivity contribution is 0.0690. The SMILES string of the molecule is Cc1ncccc1Nc1ccnc(C(=O)O)c1. The van der Waals surface area contributed by atoms with E-state index in [1.54, 1.807) is 12.3 Å². The number of aryl methyl sites for hydroxylation is 1. The van der Waals surface area contributed by atoms with Crippen molar-refractivity contribution in [2.75, 3.05) is 5.32 Å². The van der Waals surface area contributed by atoms with Crippen LogP contribution in [0.5, 0.6) is 0 Å². The van der Waals surface area contributed by atoms with Gasteiger partial charge >= 0.3 is 5.97 Å². The highest BCUT2D eigenvalue weighted by atomic mass is 16.4. The van der Waals surface area contributed by atoms with Gasteiger partial charge in [0, 0.05) is 18.1 Å². The third kappa shape index (κ3) is 2.57. The van der Waals surface area contributed by atoms with Crippen molar-refractivity contribution in [2.45, 2.75) is 6.92 Å². The second kappa shape index (κ2) is 4.61. The van der Waals surface area contributed by atoms with Gasteiger partial charge in [0.15, 0.2) is 0 Å². The third-order valence-electron chi connectivity index (χ3n) is 2.26. The summed E-state index contributed by atoms with van der Waals surface area (Å²) >= 11 is 0. The van der Waals surface area contributed by atoms with Gasteiger partial charge in [-0.2, -0.15) is 0 Å².